The number of nitrogens with zero attached hydrogens (tertiary/aromatic N) is 1. The smallest absolute Gasteiger partial charge is 0.313 e. The zero-order valence-electron chi connectivity index (χ0n) is 15.4. The maximum Gasteiger partial charge on any atom is 0.313 e. The van der Waals surface area contributed by atoms with Crippen molar-refractivity contribution in [3.63, 3.8) is 0 Å². The van der Waals surface area contributed by atoms with Gasteiger partial charge in [-0.25, -0.2) is 4.39 Å². The number of hydrogen-bond donors (Lipinski definition) is 3. The van der Waals surface area contributed by atoms with Gasteiger partial charge in [0.2, 0.25) is 0 Å². The van der Waals surface area contributed by atoms with Crippen molar-refractivity contribution in [3.05, 3.63) is 71.8 Å². The molecule has 0 radical (unpaired) electrons. The summed E-state index contributed by atoms with van der Waals surface area (Å²) < 4.78 is 19.0. The van der Waals surface area contributed by atoms with Gasteiger partial charge in [0, 0.05) is 24.2 Å². The van der Waals surface area contributed by atoms with Crippen LogP contribution in [-0.4, -0.2) is 28.1 Å². The van der Waals surface area contributed by atoms with Crippen LogP contribution in [0.3, 0.4) is 0 Å². The Kier molecular flexibility index (Phi) is 5.24. The number of amides is 2. The summed E-state index contributed by atoms with van der Waals surface area (Å²) in [5.74, 6) is -1.36. The van der Waals surface area contributed by atoms with E-state index in [1.54, 1.807) is 36.5 Å². The van der Waals surface area contributed by atoms with Crippen LogP contribution in [0.4, 0.5) is 10.1 Å². The Hall–Kier alpha value is -3.68. The molecule has 0 fully saturated rings. The number of anilines is 1. The Morgan fingerprint density at radius 3 is 2.86 bits per heavy atom. The average Bonchev–Trinajstić information content (AvgIpc) is 3.17. The first kappa shape index (κ1) is 18.7. The quantitative estimate of drug-likeness (QED) is 0.593. The first-order valence-electron chi connectivity index (χ1n) is 9.24. The molecule has 0 bridgehead atoms. The van der Waals surface area contributed by atoms with Crippen molar-refractivity contribution >= 4 is 17.5 Å². The molecule has 7 nitrogen and oxygen atoms in total. The van der Waals surface area contributed by atoms with E-state index in [4.69, 9.17) is 4.74 Å². The first-order chi connectivity index (χ1) is 14.1. The van der Waals surface area contributed by atoms with E-state index in [0.717, 1.165) is 24.1 Å². The third kappa shape index (κ3) is 4.43. The minimum Gasteiger partial charge on any atom is -0.455 e. The van der Waals surface area contributed by atoms with Gasteiger partial charge in [0.1, 0.15) is 11.6 Å². The second-order valence-electron chi connectivity index (χ2n) is 6.80. The number of rotatable bonds is 4. The Balaban J connectivity index is 1.40. The number of benzene rings is 2. The number of ether oxygens (including phenoxy) is 1. The Morgan fingerprint density at radius 2 is 2.00 bits per heavy atom. The van der Waals surface area contributed by atoms with E-state index in [9.17, 15) is 14.0 Å². The highest BCUT2D eigenvalue weighted by molar-refractivity contribution is 6.39. The molecule has 148 valence electrons. The lowest BCUT2D eigenvalue weighted by Gasteiger charge is -2.22. The minimum absolute atomic E-state index is 0.139. The molecule has 4 rings (SSSR count). The lowest BCUT2D eigenvalue weighted by Crippen LogP contribution is -2.44. The zero-order valence-corrected chi connectivity index (χ0v) is 15.4. The number of carbonyl (C=O) groups excluding carboxylic acids is 2. The molecule has 3 N–H and O–H groups in total. The van der Waals surface area contributed by atoms with Crippen LogP contribution in [0.1, 0.15) is 17.7 Å². The molecule has 0 aliphatic heterocycles. The SMILES string of the molecule is O=C(Nc1ccccc1Oc1cccc(F)c1)C(=O)N[C@@H]1CCc2cn[nH]c2C1. The zero-order chi connectivity index (χ0) is 20.2. The van der Waals surface area contributed by atoms with Gasteiger partial charge in [-0.05, 0) is 42.7 Å². The normalized spacial score (nSPS) is 15.3. The van der Waals surface area contributed by atoms with Gasteiger partial charge in [-0.15, -0.1) is 0 Å². The molecule has 2 aromatic carbocycles. The summed E-state index contributed by atoms with van der Waals surface area (Å²) in [5.41, 5.74) is 2.44. The van der Waals surface area contributed by atoms with Crippen LogP contribution in [0.2, 0.25) is 0 Å². The van der Waals surface area contributed by atoms with Gasteiger partial charge in [-0.1, -0.05) is 18.2 Å². The van der Waals surface area contributed by atoms with Crippen LogP contribution < -0.4 is 15.4 Å². The molecule has 29 heavy (non-hydrogen) atoms. The number of aryl methyl sites for hydroxylation is 1. The number of para-hydroxylation sites is 2. The number of hydrogen-bond acceptors (Lipinski definition) is 4. The number of fused-ring (bicyclic) bond motifs is 1. The average molecular weight is 394 g/mol. The molecule has 1 aromatic heterocycles. The minimum atomic E-state index is -0.796. The summed E-state index contributed by atoms with van der Waals surface area (Å²) in [5, 5.41) is 12.2. The van der Waals surface area contributed by atoms with Gasteiger partial charge in [-0.2, -0.15) is 5.10 Å². The summed E-state index contributed by atoms with van der Waals surface area (Å²) >= 11 is 0. The maximum absolute atomic E-state index is 13.4. The van der Waals surface area contributed by atoms with Gasteiger partial charge in [0.15, 0.2) is 5.75 Å². The molecule has 1 aliphatic carbocycles. The molecule has 1 atom stereocenters. The summed E-state index contributed by atoms with van der Waals surface area (Å²) in [6.07, 6.45) is 3.93. The van der Waals surface area contributed by atoms with Crippen molar-refractivity contribution in [1.29, 1.82) is 0 Å². The van der Waals surface area contributed by atoms with E-state index >= 15 is 0 Å². The van der Waals surface area contributed by atoms with Crippen LogP contribution in [-0.2, 0) is 22.4 Å². The van der Waals surface area contributed by atoms with Crippen LogP contribution in [0.25, 0.3) is 0 Å². The third-order valence-electron chi connectivity index (χ3n) is 4.72. The van der Waals surface area contributed by atoms with Crippen molar-refractivity contribution in [2.45, 2.75) is 25.3 Å². The number of carbonyl (C=O) groups is 2. The van der Waals surface area contributed by atoms with E-state index in [2.05, 4.69) is 20.8 Å². The topological polar surface area (TPSA) is 96.1 Å². The van der Waals surface area contributed by atoms with Gasteiger partial charge in [0.25, 0.3) is 0 Å². The fourth-order valence-corrected chi connectivity index (χ4v) is 3.28. The Labute approximate surface area is 166 Å². The molecular formula is C21H19FN4O3. The number of H-pyrrole nitrogens is 1. The van der Waals surface area contributed by atoms with E-state index in [1.165, 1.54) is 18.2 Å². The molecule has 8 heteroatoms. The maximum atomic E-state index is 13.4. The monoisotopic (exact) mass is 394 g/mol. The molecule has 0 spiro atoms. The van der Waals surface area contributed by atoms with E-state index in [0.29, 0.717) is 17.9 Å². The van der Waals surface area contributed by atoms with Crippen molar-refractivity contribution in [2.24, 2.45) is 0 Å². The van der Waals surface area contributed by atoms with Gasteiger partial charge in [-0.3, -0.25) is 14.7 Å². The molecule has 0 saturated carbocycles. The number of halogens is 1. The molecule has 2 amide bonds. The molecule has 1 heterocycles. The van der Waals surface area contributed by atoms with E-state index in [-0.39, 0.29) is 11.8 Å². The highest BCUT2D eigenvalue weighted by atomic mass is 19.1. The number of aromatic nitrogens is 2. The molecule has 1 aliphatic rings. The molecule has 3 aromatic rings. The fourth-order valence-electron chi connectivity index (χ4n) is 3.28. The number of aromatic amines is 1. The predicted molar refractivity (Wildman–Crippen MR) is 104 cm³/mol. The van der Waals surface area contributed by atoms with E-state index < -0.39 is 17.6 Å². The second kappa shape index (κ2) is 8.14. The second-order valence-corrected chi connectivity index (χ2v) is 6.80. The van der Waals surface area contributed by atoms with Crippen molar-refractivity contribution in [3.8, 4) is 11.5 Å². The molecule has 0 unspecified atom stereocenters. The van der Waals surface area contributed by atoms with Gasteiger partial charge >= 0.3 is 11.8 Å². The highest BCUT2D eigenvalue weighted by Gasteiger charge is 2.24. The summed E-state index contributed by atoms with van der Waals surface area (Å²) in [7, 11) is 0. The van der Waals surface area contributed by atoms with Gasteiger partial charge in [0.05, 0.1) is 11.9 Å². The lowest BCUT2D eigenvalue weighted by molar-refractivity contribution is -0.136. The standard InChI is InChI=1S/C21H19FN4O3/c22-14-4-3-5-16(10-14)29-19-7-2-1-6-17(19)25-21(28)20(27)24-15-9-8-13-12-23-26-18(13)11-15/h1-7,10,12,15H,8-9,11H2,(H,23,26)(H,24,27)(H,25,28)/t15-/m1/s1. The molecule has 0 saturated heterocycles. The first-order valence-corrected chi connectivity index (χ1v) is 9.24. The fraction of sp³-hybridized carbons (Fsp3) is 0.190. The van der Waals surface area contributed by atoms with Crippen LogP contribution in [0.15, 0.2) is 54.7 Å². The van der Waals surface area contributed by atoms with Crippen LogP contribution in [0.5, 0.6) is 11.5 Å². The van der Waals surface area contributed by atoms with Gasteiger partial charge < -0.3 is 15.4 Å². The summed E-state index contributed by atoms with van der Waals surface area (Å²) in [4.78, 5) is 24.7. The molecular weight excluding hydrogens is 375 g/mol. The van der Waals surface area contributed by atoms with Crippen molar-refractivity contribution < 1.29 is 18.7 Å². The number of nitrogens with one attached hydrogen (secondary N) is 3. The predicted octanol–water partition coefficient (Wildman–Crippen LogP) is 2.95. The third-order valence-corrected chi connectivity index (χ3v) is 4.72. The van der Waals surface area contributed by atoms with Crippen molar-refractivity contribution in [2.75, 3.05) is 5.32 Å². The van der Waals surface area contributed by atoms with Crippen LogP contribution >= 0.6 is 0 Å². The van der Waals surface area contributed by atoms with Crippen LogP contribution in [0, 0.1) is 5.82 Å². The van der Waals surface area contributed by atoms with E-state index in [1.807, 2.05) is 0 Å². The largest absolute Gasteiger partial charge is 0.455 e. The lowest BCUT2D eigenvalue weighted by atomic mass is 9.94. The Morgan fingerprint density at radius 1 is 1.14 bits per heavy atom. The summed E-state index contributed by atoms with van der Waals surface area (Å²) in [6, 6.07) is 12.2. The summed E-state index contributed by atoms with van der Waals surface area (Å²) in [6.45, 7) is 0. The highest BCUT2D eigenvalue weighted by Crippen LogP contribution is 2.29. The van der Waals surface area contributed by atoms with Crippen molar-refractivity contribution in [1.82, 2.24) is 15.5 Å². The Bertz CT molecular complexity index is 1050.